The van der Waals surface area contributed by atoms with Gasteiger partial charge in [-0.15, -0.1) is 0 Å². The Kier molecular flexibility index (Phi) is 6.09. The fourth-order valence-electron chi connectivity index (χ4n) is 2.86. The van der Waals surface area contributed by atoms with Crippen molar-refractivity contribution in [2.45, 2.75) is 20.3 Å². The van der Waals surface area contributed by atoms with E-state index in [4.69, 9.17) is 16.0 Å². The van der Waals surface area contributed by atoms with Gasteiger partial charge in [-0.25, -0.2) is 5.43 Å². The van der Waals surface area contributed by atoms with Crippen molar-refractivity contribution >= 4 is 29.4 Å². The number of hydrazone groups is 1. The maximum atomic E-state index is 12.1. The second-order valence-corrected chi connectivity index (χ2v) is 6.96. The van der Waals surface area contributed by atoms with Gasteiger partial charge in [0, 0.05) is 11.1 Å². The number of amides is 1. The molecule has 148 valence electrons. The van der Waals surface area contributed by atoms with Crippen LogP contribution in [0, 0.1) is 24.0 Å². The summed E-state index contributed by atoms with van der Waals surface area (Å²) < 4.78 is 5.58. The molecule has 3 rings (SSSR count). The molecule has 0 radical (unpaired) electrons. The lowest BCUT2D eigenvalue weighted by atomic mass is 10.0. The number of halogens is 1. The Balaban J connectivity index is 1.67. The van der Waals surface area contributed by atoms with Gasteiger partial charge in [-0.2, -0.15) is 5.10 Å². The van der Waals surface area contributed by atoms with Gasteiger partial charge < -0.3 is 4.42 Å². The highest BCUT2D eigenvalue weighted by molar-refractivity contribution is 6.30. The van der Waals surface area contributed by atoms with Crippen molar-refractivity contribution in [2.24, 2.45) is 5.10 Å². The van der Waals surface area contributed by atoms with Crippen molar-refractivity contribution in [3.8, 4) is 11.3 Å². The Bertz CT molecular complexity index is 1110. The standard InChI is InChI=1S/C21H18ClN3O4/c1-13-3-4-15(14(2)9-13)10-21(26)24-23-12-17-6-8-20(29-17)18-7-5-16(22)11-19(18)25(27)28/h3-9,11-12H,10H2,1-2H3,(H,24,26)/b23-12+. The number of rotatable bonds is 6. The highest BCUT2D eigenvalue weighted by Crippen LogP contribution is 2.33. The predicted molar refractivity (Wildman–Crippen MR) is 111 cm³/mol. The van der Waals surface area contributed by atoms with Crippen molar-refractivity contribution in [3.63, 3.8) is 0 Å². The largest absolute Gasteiger partial charge is 0.455 e. The quantitative estimate of drug-likeness (QED) is 0.357. The minimum atomic E-state index is -0.523. The Morgan fingerprint density at radius 1 is 1.21 bits per heavy atom. The number of hydrogen-bond acceptors (Lipinski definition) is 5. The first kappa shape index (κ1) is 20.3. The van der Waals surface area contributed by atoms with Crippen molar-refractivity contribution in [3.05, 3.63) is 86.1 Å². The van der Waals surface area contributed by atoms with E-state index in [1.54, 1.807) is 18.2 Å². The zero-order valence-corrected chi connectivity index (χ0v) is 16.6. The normalized spacial score (nSPS) is 11.0. The molecule has 0 unspecified atom stereocenters. The van der Waals surface area contributed by atoms with E-state index >= 15 is 0 Å². The molecule has 0 saturated carbocycles. The lowest BCUT2D eigenvalue weighted by Crippen LogP contribution is -2.20. The molecule has 0 fully saturated rings. The molecule has 1 aromatic heterocycles. The van der Waals surface area contributed by atoms with Gasteiger partial charge in [0.25, 0.3) is 5.69 Å². The third kappa shape index (κ3) is 5.08. The van der Waals surface area contributed by atoms with Gasteiger partial charge in [0.1, 0.15) is 11.5 Å². The molecule has 29 heavy (non-hydrogen) atoms. The van der Waals surface area contributed by atoms with Gasteiger partial charge in [0.2, 0.25) is 5.91 Å². The van der Waals surface area contributed by atoms with Gasteiger partial charge >= 0.3 is 0 Å². The first-order valence-corrected chi connectivity index (χ1v) is 9.13. The molecule has 0 saturated heterocycles. The molecule has 1 amide bonds. The molecule has 0 bridgehead atoms. The lowest BCUT2D eigenvalue weighted by molar-refractivity contribution is -0.384. The van der Waals surface area contributed by atoms with Crippen LogP contribution in [0.3, 0.4) is 0 Å². The number of nitro groups is 1. The van der Waals surface area contributed by atoms with Gasteiger partial charge in [0.15, 0.2) is 0 Å². The Morgan fingerprint density at radius 2 is 2.00 bits per heavy atom. The highest BCUT2D eigenvalue weighted by Gasteiger charge is 2.18. The minimum absolute atomic E-state index is 0.155. The first-order valence-electron chi connectivity index (χ1n) is 8.75. The van der Waals surface area contributed by atoms with Gasteiger partial charge in [-0.3, -0.25) is 14.9 Å². The average molecular weight is 412 g/mol. The van der Waals surface area contributed by atoms with Crippen LogP contribution >= 0.6 is 11.6 Å². The highest BCUT2D eigenvalue weighted by atomic mass is 35.5. The minimum Gasteiger partial charge on any atom is -0.455 e. The van der Waals surface area contributed by atoms with E-state index in [-0.39, 0.29) is 23.0 Å². The van der Waals surface area contributed by atoms with E-state index in [1.807, 2.05) is 32.0 Å². The van der Waals surface area contributed by atoms with Crippen LogP contribution in [0.15, 0.2) is 58.0 Å². The SMILES string of the molecule is Cc1ccc(CC(=O)N/N=C/c2ccc(-c3ccc(Cl)cc3[N+](=O)[O-])o2)c(C)c1. The van der Waals surface area contributed by atoms with Crippen LogP contribution in [-0.2, 0) is 11.2 Å². The second-order valence-electron chi connectivity index (χ2n) is 6.52. The van der Waals surface area contributed by atoms with E-state index in [0.717, 1.165) is 16.7 Å². The van der Waals surface area contributed by atoms with Crippen LogP contribution in [-0.4, -0.2) is 17.0 Å². The summed E-state index contributed by atoms with van der Waals surface area (Å²) in [4.78, 5) is 22.8. The zero-order chi connectivity index (χ0) is 21.0. The summed E-state index contributed by atoms with van der Waals surface area (Å²) in [6.07, 6.45) is 1.55. The van der Waals surface area contributed by atoms with Crippen LogP contribution in [0.1, 0.15) is 22.5 Å². The fourth-order valence-corrected chi connectivity index (χ4v) is 3.02. The molecular weight excluding hydrogens is 394 g/mol. The van der Waals surface area contributed by atoms with Crippen molar-refractivity contribution in [2.75, 3.05) is 0 Å². The van der Waals surface area contributed by atoms with Gasteiger partial charge in [0.05, 0.1) is 23.1 Å². The lowest BCUT2D eigenvalue weighted by Gasteiger charge is -2.05. The van der Waals surface area contributed by atoms with Crippen LogP contribution < -0.4 is 5.43 Å². The number of hydrogen-bond donors (Lipinski definition) is 1. The number of carbonyl (C=O) groups is 1. The third-order valence-electron chi connectivity index (χ3n) is 4.28. The monoisotopic (exact) mass is 411 g/mol. The zero-order valence-electron chi connectivity index (χ0n) is 15.8. The van der Waals surface area contributed by atoms with Gasteiger partial charge in [-0.1, -0.05) is 35.4 Å². The molecule has 2 aromatic carbocycles. The maximum absolute atomic E-state index is 12.1. The fraction of sp³-hybridized carbons (Fsp3) is 0.143. The molecule has 0 aliphatic carbocycles. The summed E-state index contributed by atoms with van der Waals surface area (Å²) in [5.74, 6) is 0.390. The summed E-state index contributed by atoms with van der Waals surface area (Å²) in [5, 5.41) is 15.4. The van der Waals surface area contributed by atoms with Crippen molar-refractivity contribution < 1.29 is 14.1 Å². The molecule has 0 aliphatic rings. The number of nitrogens with zero attached hydrogens (tertiary/aromatic N) is 2. The smallest absolute Gasteiger partial charge is 0.281 e. The van der Waals surface area contributed by atoms with E-state index in [9.17, 15) is 14.9 Å². The molecule has 3 aromatic rings. The van der Waals surface area contributed by atoms with E-state index in [0.29, 0.717) is 17.1 Å². The Hall–Kier alpha value is -3.45. The number of nitro benzene ring substituents is 1. The van der Waals surface area contributed by atoms with Crippen LogP contribution in [0.25, 0.3) is 11.3 Å². The molecule has 1 N–H and O–H groups in total. The number of furan rings is 1. The van der Waals surface area contributed by atoms with Crippen molar-refractivity contribution in [1.29, 1.82) is 0 Å². The number of benzene rings is 2. The van der Waals surface area contributed by atoms with Crippen LogP contribution in [0.4, 0.5) is 5.69 Å². The molecule has 1 heterocycles. The summed E-state index contributed by atoms with van der Waals surface area (Å²) in [5.41, 5.74) is 5.71. The molecule has 7 nitrogen and oxygen atoms in total. The van der Waals surface area contributed by atoms with Crippen LogP contribution in [0.2, 0.25) is 5.02 Å². The van der Waals surface area contributed by atoms with Crippen LogP contribution in [0.5, 0.6) is 0 Å². The number of carbonyl (C=O) groups excluding carboxylic acids is 1. The number of nitrogens with one attached hydrogen (secondary N) is 1. The third-order valence-corrected chi connectivity index (χ3v) is 4.51. The predicted octanol–water partition coefficient (Wildman–Crippen LogP) is 4.82. The van der Waals surface area contributed by atoms with E-state index < -0.39 is 4.92 Å². The molecule has 8 heteroatoms. The van der Waals surface area contributed by atoms with Crippen molar-refractivity contribution in [1.82, 2.24) is 5.43 Å². The Morgan fingerprint density at radius 3 is 2.72 bits per heavy atom. The number of aryl methyl sites for hydroxylation is 2. The summed E-state index contributed by atoms with van der Waals surface area (Å²) in [6.45, 7) is 3.95. The molecular formula is C21H18ClN3O4. The van der Waals surface area contributed by atoms with E-state index in [2.05, 4.69) is 10.5 Å². The van der Waals surface area contributed by atoms with E-state index in [1.165, 1.54) is 18.3 Å². The summed E-state index contributed by atoms with van der Waals surface area (Å²) in [6, 6.07) is 13.4. The molecule has 0 atom stereocenters. The maximum Gasteiger partial charge on any atom is 0.281 e. The summed E-state index contributed by atoms with van der Waals surface area (Å²) in [7, 11) is 0. The summed E-state index contributed by atoms with van der Waals surface area (Å²) >= 11 is 5.83. The Labute approximate surface area is 172 Å². The molecule has 0 aliphatic heterocycles. The average Bonchev–Trinajstić information content (AvgIpc) is 3.12. The first-order chi connectivity index (χ1) is 13.8. The topological polar surface area (TPSA) is 97.7 Å². The molecule has 0 spiro atoms. The van der Waals surface area contributed by atoms with Gasteiger partial charge in [-0.05, 0) is 49.2 Å². The second kappa shape index (κ2) is 8.70.